The molecular formula is C31H37F2N7O. The summed E-state index contributed by atoms with van der Waals surface area (Å²) in [5.74, 6) is -0.721. The highest BCUT2D eigenvalue weighted by molar-refractivity contribution is 5.79. The van der Waals surface area contributed by atoms with Crippen molar-refractivity contribution in [3.8, 4) is 5.69 Å². The van der Waals surface area contributed by atoms with E-state index in [0.29, 0.717) is 55.7 Å². The monoisotopic (exact) mass is 561 g/mol. The Morgan fingerprint density at radius 2 is 1.71 bits per heavy atom. The number of hydrogen-bond acceptors (Lipinski definition) is 7. The zero-order valence-electron chi connectivity index (χ0n) is 23.8. The molecule has 10 heteroatoms. The Hall–Kier alpha value is -3.44. The Bertz CT molecular complexity index is 1500. The Kier molecular flexibility index (Phi) is 7.99. The minimum Gasteiger partial charge on any atom is -0.379 e. The van der Waals surface area contributed by atoms with E-state index in [1.807, 2.05) is 17.0 Å². The molecule has 2 saturated heterocycles. The van der Waals surface area contributed by atoms with Gasteiger partial charge in [0, 0.05) is 80.4 Å². The van der Waals surface area contributed by atoms with Crippen molar-refractivity contribution in [2.45, 2.75) is 45.9 Å². The van der Waals surface area contributed by atoms with Gasteiger partial charge in [-0.15, -0.1) is 0 Å². The summed E-state index contributed by atoms with van der Waals surface area (Å²) < 4.78 is 37.3. The number of aromatic nitrogens is 3. The molecule has 0 saturated carbocycles. The first-order valence-corrected chi connectivity index (χ1v) is 14.3. The number of piperazine rings is 1. The summed E-state index contributed by atoms with van der Waals surface area (Å²) in [6, 6.07) is 11.8. The molecular weight excluding hydrogens is 524 g/mol. The van der Waals surface area contributed by atoms with E-state index in [0.717, 1.165) is 30.7 Å². The van der Waals surface area contributed by atoms with Crippen molar-refractivity contribution in [2.24, 2.45) is 0 Å². The molecule has 216 valence electrons. The van der Waals surface area contributed by atoms with Crippen molar-refractivity contribution in [1.82, 2.24) is 29.7 Å². The van der Waals surface area contributed by atoms with Gasteiger partial charge in [-0.05, 0) is 62.2 Å². The summed E-state index contributed by atoms with van der Waals surface area (Å²) in [5.41, 5.74) is 4.39. The van der Waals surface area contributed by atoms with Gasteiger partial charge in [-0.25, -0.2) is 13.8 Å². The Morgan fingerprint density at radius 3 is 2.41 bits per heavy atom. The van der Waals surface area contributed by atoms with Gasteiger partial charge in [-0.2, -0.15) is 4.98 Å². The third kappa shape index (κ3) is 6.25. The van der Waals surface area contributed by atoms with Gasteiger partial charge in [0.1, 0.15) is 17.3 Å². The normalized spacial score (nSPS) is 20.5. The highest BCUT2D eigenvalue weighted by atomic mass is 19.1. The summed E-state index contributed by atoms with van der Waals surface area (Å²) in [7, 11) is 0. The fourth-order valence-corrected chi connectivity index (χ4v) is 5.94. The Labute approximate surface area is 239 Å². The summed E-state index contributed by atoms with van der Waals surface area (Å²) in [5, 5.41) is 7.67. The fourth-order valence-electron chi connectivity index (χ4n) is 5.94. The van der Waals surface area contributed by atoms with Crippen molar-refractivity contribution in [1.29, 1.82) is 0 Å². The molecule has 41 heavy (non-hydrogen) atoms. The van der Waals surface area contributed by atoms with Gasteiger partial charge in [0.15, 0.2) is 0 Å². The van der Waals surface area contributed by atoms with Crippen LogP contribution < -0.4 is 10.6 Å². The number of morpholine rings is 1. The first-order valence-electron chi connectivity index (χ1n) is 14.3. The van der Waals surface area contributed by atoms with E-state index in [-0.39, 0.29) is 12.1 Å². The van der Waals surface area contributed by atoms with Crippen LogP contribution >= 0.6 is 0 Å². The smallest absolute Gasteiger partial charge is 0.229 e. The van der Waals surface area contributed by atoms with Gasteiger partial charge in [-0.3, -0.25) is 9.80 Å². The van der Waals surface area contributed by atoms with E-state index >= 15 is 8.78 Å². The minimum atomic E-state index is -0.568. The number of aryl methyl sites for hydroxylation is 1. The maximum Gasteiger partial charge on any atom is 0.229 e. The Balaban J connectivity index is 1.20. The molecule has 0 aliphatic carbocycles. The third-order valence-corrected chi connectivity index (χ3v) is 7.94. The number of hydrogen-bond donors (Lipinski definition) is 2. The lowest BCUT2D eigenvalue weighted by molar-refractivity contribution is 0.0332. The van der Waals surface area contributed by atoms with Crippen molar-refractivity contribution in [3.05, 3.63) is 77.1 Å². The summed E-state index contributed by atoms with van der Waals surface area (Å²) in [6.45, 7) is 12.2. The molecule has 4 aromatic rings. The molecule has 4 heterocycles. The zero-order valence-corrected chi connectivity index (χ0v) is 23.8. The molecule has 2 atom stereocenters. The minimum absolute atomic E-state index is 0.0730. The van der Waals surface area contributed by atoms with Crippen LogP contribution in [0.2, 0.25) is 0 Å². The lowest BCUT2D eigenvalue weighted by Crippen LogP contribution is -2.53. The van der Waals surface area contributed by atoms with Crippen molar-refractivity contribution >= 4 is 22.7 Å². The van der Waals surface area contributed by atoms with Gasteiger partial charge in [0.05, 0.1) is 18.9 Å². The van der Waals surface area contributed by atoms with Gasteiger partial charge >= 0.3 is 0 Å². The molecule has 0 amide bonds. The molecule has 2 aromatic carbocycles. The molecule has 0 spiro atoms. The molecule has 2 aromatic heterocycles. The highest BCUT2D eigenvalue weighted by Crippen LogP contribution is 2.26. The molecule has 6 rings (SSSR count). The van der Waals surface area contributed by atoms with Crippen LogP contribution in [0.15, 0.2) is 48.8 Å². The number of nitrogens with one attached hydrogen (secondary N) is 2. The first-order chi connectivity index (χ1) is 19.8. The van der Waals surface area contributed by atoms with Gasteiger partial charge in [-0.1, -0.05) is 6.07 Å². The predicted molar refractivity (Wildman–Crippen MR) is 157 cm³/mol. The van der Waals surface area contributed by atoms with E-state index in [4.69, 9.17) is 9.72 Å². The van der Waals surface area contributed by atoms with Crippen molar-refractivity contribution in [3.63, 3.8) is 0 Å². The zero-order chi connectivity index (χ0) is 28.5. The second-order valence-electron chi connectivity index (χ2n) is 11.4. The average molecular weight is 562 g/mol. The number of benzene rings is 2. The van der Waals surface area contributed by atoms with Gasteiger partial charge in [0.25, 0.3) is 0 Å². The second-order valence-corrected chi connectivity index (χ2v) is 11.4. The van der Waals surface area contributed by atoms with Crippen LogP contribution in [0.3, 0.4) is 0 Å². The lowest BCUT2D eigenvalue weighted by Gasteiger charge is -2.36. The van der Waals surface area contributed by atoms with Crippen LogP contribution in [0.5, 0.6) is 0 Å². The molecule has 0 bridgehead atoms. The van der Waals surface area contributed by atoms with E-state index in [9.17, 15) is 0 Å². The highest BCUT2D eigenvalue weighted by Gasteiger charge is 2.22. The standard InChI is InChI=1S/C31H37F2N7O/c1-20-12-25(5-4-24(20)18-39-16-21(2)35-22(3)17-39)36-31-34-15-23-6-7-40(30(23)37-31)26-13-28(32)27(29(33)14-26)19-38-8-10-41-11-9-38/h4-7,12-15,21-22,35H,8-11,16-19H2,1-3H3,(H,34,36,37). The summed E-state index contributed by atoms with van der Waals surface area (Å²) in [4.78, 5) is 13.7. The Morgan fingerprint density at radius 1 is 0.976 bits per heavy atom. The molecule has 2 fully saturated rings. The summed E-state index contributed by atoms with van der Waals surface area (Å²) in [6.07, 6.45) is 3.48. The van der Waals surface area contributed by atoms with Gasteiger partial charge in [0.2, 0.25) is 5.95 Å². The number of rotatable bonds is 7. The molecule has 8 nitrogen and oxygen atoms in total. The largest absolute Gasteiger partial charge is 0.379 e. The van der Waals surface area contributed by atoms with E-state index in [2.05, 4.69) is 53.4 Å². The maximum atomic E-state index is 15.1. The van der Waals surface area contributed by atoms with Crippen LogP contribution in [0.1, 0.15) is 30.5 Å². The molecule has 0 radical (unpaired) electrons. The number of nitrogens with zero attached hydrogens (tertiary/aromatic N) is 5. The van der Waals surface area contributed by atoms with Crippen LogP contribution in [0, 0.1) is 18.6 Å². The molecule has 2 N–H and O–H groups in total. The van der Waals surface area contributed by atoms with Crippen LogP contribution in [0.25, 0.3) is 16.7 Å². The predicted octanol–water partition coefficient (Wildman–Crippen LogP) is 4.77. The molecule has 2 aliphatic rings. The second kappa shape index (κ2) is 11.8. The SMILES string of the molecule is Cc1cc(Nc2ncc3ccn(-c4cc(F)c(CN5CCOCC5)c(F)c4)c3n2)ccc1CN1CC(C)NC(C)C1. The van der Waals surface area contributed by atoms with E-state index < -0.39 is 11.6 Å². The molecule has 2 unspecified atom stereocenters. The molecule has 2 aliphatic heterocycles. The first kappa shape index (κ1) is 27.7. The number of halogens is 2. The lowest BCUT2D eigenvalue weighted by atomic mass is 10.1. The van der Waals surface area contributed by atoms with Crippen LogP contribution in [0.4, 0.5) is 20.4 Å². The average Bonchev–Trinajstić information content (AvgIpc) is 3.36. The number of ether oxygens (including phenoxy) is 1. The van der Waals surface area contributed by atoms with E-state index in [1.165, 1.54) is 23.3 Å². The van der Waals surface area contributed by atoms with Crippen LogP contribution in [-0.4, -0.2) is 75.8 Å². The van der Waals surface area contributed by atoms with Crippen molar-refractivity contribution < 1.29 is 13.5 Å². The fraction of sp³-hybridized carbons (Fsp3) is 0.419. The van der Waals surface area contributed by atoms with E-state index in [1.54, 1.807) is 17.0 Å². The topological polar surface area (TPSA) is 70.5 Å². The van der Waals surface area contributed by atoms with Gasteiger partial charge < -0.3 is 19.9 Å². The third-order valence-electron chi connectivity index (χ3n) is 7.94. The maximum absolute atomic E-state index is 15.1. The van der Waals surface area contributed by atoms with Crippen LogP contribution in [-0.2, 0) is 17.8 Å². The summed E-state index contributed by atoms with van der Waals surface area (Å²) >= 11 is 0. The number of anilines is 2. The quantitative estimate of drug-likeness (QED) is 0.337. The number of fused-ring (bicyclic) bond motifs is 1. The van der Waals surface area contributed by atoms with Crippen molar-refractivity contribution in [2.75, 3.05) is 44.7 Å².